The Kier molecular flexibility index (Phi) is 7.52. The van der Waals surface area contributed by atoms with Gasteiger partial charge in [-0.3, -0.25) is 14.8 Å². The number of anilines is 1. The van der Waals surface area contributed by atoms with Crippen LogP contribution in [0.5, 0.6) is 0 Å². The number of hydrogen-bond donors (Lipinski definition) is 3. The van der Waals surface area contributed by atoms with Gasteiger partial charge < -0.3 is 15.4 Å². The Morgan fingerprint density at radius 3 is 3.17 bits per heavy atom. The molecule has 1 fully saturated rings. The number of fused-ring (bicyclic) bond motifs is 1. The molecule has 2 aromatic rings. The summed E-state index contributed by atoms with van der Waals surface area (Å²) in [7, 11) is 1.63. The van der Waals surface area contributed by atoms with Crippen LogP contribution in [0.25, 0.3) is 0 Å². The van der Waals surface area contributed by atoms with Crippen LogP contribution in [0.3, 0.4) is 0 Å². The average molecular weight is 420 g/mol. The van der Waals surface area contributed by atoms with E-state index in [1.54, 1.807) is 13.3 Å². The summed E-state index contributed by atoms with van der Waals surface area (Å²) >= 11 is 0. The number of nitrogens with zero attached hydrogens (tertiary/aromatic N) is 2. The van der Waals surface area contributed by atoms with Gasteiger partial charge in [0.25, 0.3) is 5.91 Å². The van der Waals surface area contributed by atoms with E-state index in [1.807, 2.05) is 0 Å². The van der Waals surface area contributed by atoms with Crippen molar-refractivity contribution in [2.45, 2.75) is 31.7 Å². The van der Waals surface area contributed by atoms with Gasteiger partial charge in [0.1, 0.15) is 0 Å². The second kappa shape index (κ2) is 10.1. The second-order valence-electron chi connectivity index (χ2n) is 7.65. The normalized spacial score (nSPS) is 18.6. The molecule has 29 heavy (non-hydrogen) atoms. The number of hydrogen-bond acceptors (Lipinski definition) is 5. The van der Waals surface area contributed by atoms with Gasteiger partial charge in [-0.1, -0.05) is 18.2 Å². The molecular weight excluding hydrogens is 390 g/mol. The summed E-state index contributed by atoms with van der Waals surface area (Å²) in [5, 5.41) is 13.7. The summed E-state index contributed by atoms with van der Waals surface area (Å²) in [6.07, 6.45) is 4.95. The maximum absolute atomic E-state index is 12.5. The molecule has 0 saturated carbocycles. The van der Waals surface area contributed by atoms with Gasteiger partial charge in [0.2, 0.25) is 0 Å². The van der Waals surface area contributed by atoms with Crippen molar-refractivity contribution in [2.75, 3.05) is 45.2 Å². The van der Waals surface area contributed by atoms with Crippen LogP contribution in [0, 0.1) is 0 Å². The fourth-order valence-electron chi connectivity index (χ4n) is 4.37. The molecule has 3 N–H and O–H groups in total. The predicted molar refractivity (Wildman–Crippen MR) is 116 cm³/mol. The lowest BCUT2D eigenvalue weighted by molar-refractivity contribution is 0.0934. The van der Waals surface area contributed by atoms with E-state index in [-0.39, 0.29) is 18.3 Å². The van der Waals surface area contributed by atoms with Crippen molar-refractivity contribution in [1.29, 1.82) is 0 Å². The van der Waals surface area contributed by atoms with E-state index in [2.05, 4.69) is 43.9 Å². The Balaban J connectivity index is 0.00000240. The minimum Gasteiger partial charge on any atom is -0.384 e. The van der Waals surface area contributed by atoms with Gasteiger partial charge in [-0.05, 0) is 36.9 Å². The highest BCUT2D eigenvalue weighted by Crippen LogP contribution is 2.31. The number of halogens is 1. The Hall–Kier alpha value is -2.09. The summed E-state index contributed by atoms with van der Waals surface area (Å²) in [6.45, 7) is 5.00. The quantitative estimate of drug-likeness (QED) is 0.601. The van der Waals surface area contributed by atoms with E-state index in [0.717, 1.165) is 51.1 Å². The Morgan fingerprint density at radius 1 is 1.41 bits per heavy atom. The number of para-hydroxylation sites is 1. The molecule has 1 amide bonds. The van der Waals surface area contributed by atoms with Crippen LogP contribution in [0.2, 0.25) is 0 Å². The third-order valence-corrected chi connectivity index (χ3v) is 5.75. The fourth-order valence-corrected chi connectivity index (χ4v) is 4.37. The lowest BCUT2D eigenvalue weighted by Crippen LogP contribution is -2.35. The van der Waals surface area contributed by atoms with Crippen molar-refractivity contribution < 1.29 is 9.53 Å². The first kappa shape index (κ1) is 21.6. The lowest BCUT2D eigenvalue weighted by atomic mass is 9.92. The zero-order chi connectivity index (χ0) is 19.3. The van der Waals surface area contributed by atoms with Gasteiger partial charge in [0.05, 0.1) is 24.1 Å². The van der Waals surface area contributed by atoms with E-state index in [0.29, 0.717) is 24.6 Å². The Labute approximate surface area is 178 Å². The van der Waals surface area contributed by atoms with E-state index in [4.69, 9.17) is 4.74 Å². The van der Waals surface area contributed by atoms with Gasteiger partial charge in [0, 0.05) is 44.9 Å². The summed E-state index contributed by atoms with van der Waals surface area (Å²) in [5.74, 6) is 0.215. The molecular formula is C21H30ClN5O2. The molecule has 1 aromatic carbocycles. The molecule has 0 spiro atoms. The number of H-pyrrole nitrogens is 1. The molecule has 4 rings (SSSR count). The molecule has 0 radical (unpaired) electrons. The highest BCUT2D eigenvalue weighted by atomic mass is 35.5. The first-order valence-electron chi connectivity index (χ1n) is 10.1. The Morgan fingerprint density at radius 2 is 2.31 bits per heavy atom. The van der Waals surface area contributed by atoms with Crippen LogP contribution in [-0.4, -0.2) is 60.9 Å². The maximum Gasteiger partial charge on any atom is 0.254 e. The minimum absolute atomic E-state index is 0. The van der Waals surface area contributed by atoms with Crippen LogP contribution < -0.4 is 10.6 Å². The number of nitrogens with one attached hydrogen (secondary N) is 3. The number of carbonyl (C=O) groups excluding carboxylic acids is 1. The summed E-state index contributed by atoms with van der Waals surface area (Å²) < 4.78 is 5.01. The highest BCUT2D eigenvalue weighted by molar-refractivity contribution is 5.95. The number of ether oxygens (including phenoxy) is 1. The molecule has 8 heteroatoms. The largest absolute Gasteiger partial charge is 0.384 e. The molecule has 2 aliphatic rings. The number of amides is 1. The van der Waals surface area contributed by atoms with Crippen LogP contribution >= 0.6 is 12.4 Å². The number of aromatic nitrogens is 2. The molecule has 158 valence electrons. The number of benzene rings is 1. The summed E-state index contributed by atoms with van der Waals surface area (Å²) in [5.41, 5.74) is 5.73. The van der Waals surface area contributed by atoms with Crippen molar-refractivity contribution in [1.82, 2.24) is 20.4 Å². The molecule has 1 atom stereocenters. The Bertz CT molecular complexity index is 825. The van der Waals surface area contributed by atoms with Crippen LogP contribution in [-0.2, 0) is 17.7 Å². The number of piperidine rings is 1. The van der Waals surface area contributed by atoms with Crippen molar-refractivity contribution in [3.63, 3.8) is 0 Å². The molecule has 1 unspecified atom stereocenters. The molecule has 0 bridgehead atoms. The first-order chi connectivity index (χ1) is 13.8. The molecule has 1 aromatic heterocycles. The topological polar surface area (TPSA) is 82.3 Å². The second-order valence-corrected chi connectivity index (χ2v) is 7.65. The molecule has 0 aliphatic carbocycles. The number of rotatable bonds is 7. The maximum atomic E-state index is 12.5. The van der Waals surface area contributed by atoms with Gasteiger partial charge in [0.15, 0.2) is 0 Å². The molecule has 2 aliphatic heterocycles. The number of carbonyl (C=O) groups is 1. The molecule has 1 saturated heterocycles. The van der Waals surface area contributed by atoms with Crippen molar-refractivity contribution in [3.05, 3.63) is 46.8 Å². The number of likely N-dealkylation sites (tertiary alicyclic amines) is 1. The monoisotopic (exact) mass is 419 g/mol. The fraction of sp³-hybridized carbons (Fsp3) is 0.524. The zero-order valence-electron chi connectivity index (χ0n) is 16.9. The third kappa shape index (κ3) is 4.91. The number of aromatic amines is 1. The van der Waals surface area contributed by atoms with Gasteiger partial charge in [-0.2, -0.15) is 5.10 Å². The molecule has 3 heterocycles. The zero-order valence-corrected chi connectivity index (χ0v) is 17.7. The minimum atomic E-state index is -0.0806. The van der Waals surface area contributed by atoms with Crippen LogP contribution in [0.15, 0.2) is 24.4 Å². The van der Waals surface area contributed by atoms with E-state index < -0.39 is 0 Å². The van der Waals surface area contributed by atoms with Crippen molar-refractivity contribution in [2.24, 2.45) is 0 Å². The van der Waals surface area contributed by atoms with E-state index in [9.17, 15) is 4.79 Å². The average Bonchev–Trinajstić information content (AvgIpc) is 3.38. The standard InChI is InChI=1S/C21H29N5O2.ClH/c1-28-11-9-23-21(27)18-12-24-25-20(18)17-6-3-10-26(14-17)13-16-5-2-4-15-7-8-22-19(15)16;/h2,4-5,12,17,22H,3,6-11,13-14H2,1H3,(H,23,27)(H,24,25);1H. The summed E-state index contributed by atoms with van der Waals surface area (Å²) in [4.78, 5) is 15.0. The van der Waals surface area contributed by atoms with Gasteiger partial charge in [-0.25, -0.2) is 0 Å². The summed E-state index contributed by atoms with van der Waals surface area (Å²) in [6, 6.07) is 6.61. The van der Waals surface area contributed by atoms with E-state index >= 15 is 0 Å². The van der Waals surface area contributed by atoms with Crippen LogP contribution in [0.4, 0.5) is 5.69 Å². The highest BCUT2D eigenvalue weighted by Gasteiger charge is 2.27. The lowest BCUT2D eigenvalue weighted by Gasteiger charge is -2.33. The van der Waals surface area contributed by atoms with Crippen molar-refractivity contribution in [3.8, 4) is 0 Å². The SMILES string of the molecule is COCCNC(=O)c1cn[nH]c1C1CCCN(Cc2cccc3c2NCC3)C1.Cl. The number of methoxy groups -OCH3 is 1. The van der Waals surface area contributed by atoms with Gasteiger partial charge in [-0.15, -0.1) is 12.4 Å². The van der Waals surface area contributed by atoms with E-state index in [1.165, 1.54) is 16.8 Å². The third-order valence-electron chi connectivity index (χ3n) is 5.75. The van der Waals surface area contributed by atoms with Crippen molar-refractivity contribution >= 4 is 24.0 Å². The first-order valence-corrected chi connectivity index (χ1v) is 10.1. The molecule has 7 nitrogen and oxygen atoms in total. The van der Waals surface area contributed by atoms with Gasteiger partial charge >= 0.3 is 0 Å². The smallest absolute Gasteiger partial charge is 0.254 e. The predicted octanol–water partition coefficient (Wildman–Crippen LogP) is 2.56. The van der Waals surface area contributed by atoms with Crippen LogP contribution in [0.1, 0.15) is 45.9 Å².